The Hall–Kier alpha value is -2.77. The number of para-hydroxylation sites is 1. The number of carbonyl (C=O) groups is 2. The fourth-order valence-corrected chi connectivity index (χ4v) is 5.71. The fourth-order valence-electron chi connectivity index (χ4n) is 5.48. The summed E-state index contributed by atoms with van der Waals surface area (Å²) in [6.07, 6.45) is 4.92. The number of piperidine rings is 2. The number of hydrogen-bond donors (Lipinski definition) is 1. The second kappa shape index (κ2) is 11.7. The van der Waals surface area contributed by atoms with Crippen molar-refractivity contribution in [3.8, 4) is 5.75 Å². The first kappa shape index (κ1) is 25.9. The number of nitrogens with one attached hydrogen (secondary N) is 1. The van der Waals surface area contributed by atoms with E-state index in [4.69, 9.17) is 21.1 Å². The van der Waals surface area contributed by atoms with Crippen molar-refractivity contribution in [3.05, 3.63) is 53.1 Å². The van der Waals surface area contributed by atoms with E-state index in [1.54, 1.807) is 11.0 Å². The van der Waals surface area contributed by atoms with Crippen LogP contribution in [0.2, 0.25) is 5.02 Å². The smallest absolute Gasteiger partial charge is 0.247 e. The minimum absolute atomic E-state index is 0.0448. The third kappa shape index (κ3) is 6.21. The summed E-state index contributed by atoms with van der Waals surface area (Å²) in [5.74, 6) is 0.792. The number of halogens is 1. The first-order chi connectivity index (χ1) is 18.0. The topological polar surface area (TPSA) is 71.1 Å². The van der Waals surface area contributed by atoms with Crippen LogP contribution in [0.1, 0.15) is 44.1 Å². The summed E-state index contributed by atoms with van der Waals surface area (Å²) >= 11 is 6.56. The third-order valence-electron chi connectivity index (χ3n) is 7.69. The van der Waals surface area contributed by atoms with Gasteiger partial charge in [0.25, 0.3) is 0 Å². The molecule has 0 unspecified atom stereocenters. The van der Waals surface area contributed by atoms with Gasteiger partial charge in [0.1, 0.15) is 17.9 Å². The SMILES string of the molecule is Cc1ccccc1N1CCC(Oc2ccc(NC(=O)[C@H]3CCCCN3C(=O)CC3COC3)cc2Cl)CC1. The van der Waals surface area contributed by atoms with Crippen LogP contribution in [0.5, 0.6) is 5.75 Å². The van der Waals surface area contributed by atoms with Crippen molar-refractivity contribution in [2.75, 3.05) is 43.1 Å². The lowest BCUT2D eigenvalue weighted by Gasteiger charge is -2.36. The molecule has 0 bridgehead atoms. The molecular formula is C29H36ClN3O4. The van der Waals surface area contributed by atoms with Crippen molar-refractivity contribution in [3.63, 3.8) is 0 Å². The first-order valence-electron chi connectivity index (χ1n) is 13.4. The van der Waals surface area contributed by atoms with Crippen LogP contribution in [0, 0.1) is 12.8 Å². The molecule has 3 fully saturated rings. The molecule has 3 aliphatic rings. The molecule has 2 aromatic rings. The van der Waals surface area contributed by atoms with Gasteiger partial charge in [-0.2, -0.15) is 0 Å². The van der Waals surface area contributed by atoms with Crippen LogP contribution in [0.3, 0.4) is 0 Å². The number of amides is 2. The predicted molar refractivity (Wildman–Crippen MR) is 145 cm³/mol. The predicted octanol–water partition coefficient (Wildman–Crippen LogP) is 5.05. The molecule has 5 rings (SSSR count). The van der Waals surface area contributed by atoms with Gasteiger partial charge in [-0.3, -0.25) is 9.59 Å². The van der Waals surface area contributed by atoms with Crippen molar-refractivity contribution in [1.82, 2.24) is 4.90 Å². The summed E-state index contributed by atoms with van der Waals surface area (Å²) < 4.78 is 11.4. The Morgan fingerprint density at radius 1 is 1.05 bits per heavy atom. The fraction of sp³-hybridized carbons (Fsp3) is 0.517. The second-order valence-electron chi connectivity index (χ2n) is 10.4. The molecule has 0 aliphatic carbocycles. The molecule has 2 amide bonds. The maximum Gasteiger partial charge on any atom is 0.247 e. The van der Waals surface area contributed by atoms with E-state index in [1.807, 2.05) is 12.1 Å². The van der Waals surface area contributed by atoms with Gasteiger partial charge in [-0.1, -0.05) is 29.8 Å². The summed E-state index contributed by atoms with van der Waals surface area (Å²) in [7, 11) is 0. The number of carbonyl (C=O) groups excluding carboxylic acids is 2. The quantitative estimate of drug-likeness (QED) is 0.547. The molecule has 3 aliphatic heterocycles. The van der Waals surface area contributed by atoms with Gasteiger partial charge in [0.05, 0.1) is 18.2 Å². The van der Waals surface area contributed by atoms with E-state index in [2.05, 4.69) is 41.4 Å². The van der Waals surface area contributed by atoms with Crippen LogP contribution < -0.4 is 15.0 Å². The molecule has 0 aromatic heterocycles. The van der Waals surface area contributed by atoms with Crippen LogP contribution in [0.15, 0.2) is 42.5 Å². The molecule has 8 heteroatoms. The first-order valence-corrected chi connectivity index (χ1v) is 13.8. The van der Waals surface area contributed by atoms with Crippen molar-refractivity contribution in [2.45, 2.75) is 57.6 Å². The van der Waals surface area contributed by atoms with Crippen LogP contribution in [-0.2, 0) is 14.3 Å². The van der Waals surface area contributed by atoms with E-state index in [0.717, 1.165) is 38.8 Å². The van der Waals surface area contributed by atoms with Gasteiger partial charge in [-0.25, -0.2) is 0 Å². The van der Waals surface area contributed by atoms with E-state index in [1.165, 1.54) is 11.3 Å². The maximum atomic E-state index is 13.1. The summed E-state index contributed by atoms with van der Waals surface area (Å²) in [5, 5.41) is 3.45. The molecule has 0 saturated carbocycles. The lowest BCUT2D eigenvalue weighted by molar-refractivity contribution is -0.144. The summed E-state index contributed by atoms with van der Waals surface area (Å²) in [6.45, 7) is 5.91. The van der Waals surface area contributed by atoms with E-state index in [-0.39, 0.29) is 23.8 Å². The summed E-state index contributed by atoms with van der Waals surface area (Å²) in [6, 6.07) is 13.4. The average molecular weight is 526 g/mol. The van der Waals surface area contributed by atoms with Gasteiger partial charge in [-0.15, -0.1) is 0 Å². The highest BCUT2D eigenvalue weighted by Gasteiger charge is 2.34. The van der Waals surface area contributed by atoms with Crippen molar-refractivity contribution < 1.29 is 19.1 Å². The standard InChI is InChI=1S/C29H36ClN3O4/c1-20-6-2-3-7-25(20)32-14-11-23(12-15-32)37-27-10-9-22(17-24(27)30)31-29(35)26-8-4-5-13-33(26)28(34)16-21-18-36-19-21/h2-3,6-7,9-10,17,21,23,26H,4-5,8,11-16,18-19H2,1H3,(H,31,35)/t26-/m1/s1. The number of anilines is 2. The van der Waals surface area contributed by atoms with Gasteiger partial charge in [0.2, 0.25) is 11.8 Å². The van der Waals surface area contributed by atoms with Gasteiger partial charge < -0.3 is 24.6 Å². The number of hydrogen-bond acceptors (Lipinski definition) is 5. The largest absolute Gasteiger partial charge is 0.489 e. The maximum absolute atomic E-state index is 13.1. The monoisotopic (exact) mass is 525 g/mol. The van der Waals surface area contributed by atoms with Gasteiger partial charge in [0, 0.05) is 56.2 Å². The molecule has 7 nitrogen and oxygen atoms in total. The van der Waals surface area contributed by atoms with E-state index in [0.29, 0.717) is 49.1 Å². The molecule has 198 valence electrons. The molecule has 3 heterocycles. The molecule has 37 heavy (non-hydrogen) atoms. The van der Waals surface area contributed by atoms with Crippen molar-refractivity contribution >= 4 is 34.8 Å². The number of rotatable bonds is 7. The second-order valence-corrected chi connectivity index (χ2v) is 10.8. The summed E-state index contributed by atoms with van der Waals surface area (Å²) in [5.41, 5.74) is 3.19. The Bertz CT molecular complexity index is 1110. The molecule has 3 saturated heterocycles. The minimum Gasteiger partial charge on any atom is -0.489 e. The van der Waals surface area contributed by atoms with Gasteiger partial charge in [-0.05, 0) is 56.0 Å². The van der Waals surface area contributed by atoms with Crippen molar-refractivity contribution in [1.29, 1.82) is 0 Å². The highest BCUT2D eigenvalue weighted by atomic mass is 35.5. The molecule has 0 radical (unpaired) electrons. The lowest BCUT2D eigenvalue weighted by Crippen LogP contribution is -2.51. The Balaban J connectivity index is 1.15. The highest BCUT2D eigenvalue weighted by molar-refractivity contribution is 6.32. The number of likely N-dealkylation sites (tertiary alicyclic amines) is 1. The van der Waals surface area contributed by atoms with E-state index < -0.39 is 6.04 Å². The van der Waals surface area contributed by atoms with Crippen LogP contribution in [-0.4, -0.2) is 61.7 Å². The zero-order valence-electron chi connectivity index (χ0n) is 21.5. The van der Waals surface area contributed by atoms with E-state index in [9.17, 15) is 9.59 Å². The molecule has 1 atom stereocenters. The zero-order valence-corrected chi connectivity index (χ0v) is 22.2. The van der Waals surface area contributed by atoms with Crippen LogP contribution >= 0.6 is 11.6 Å². The highest BCUT2D eigenvalue weighted by Crippen LogP contribution is 2.32. The Labute approximate surface area is 224 Å². The van der Waals surface area contributed by atoms with Crippen LogP contribution in [0.25, 0.3) is 0 Å². The minimum atomic E-state index is -0.449. The number of aryl methyl sites for hydroxylation is 1. The third-order valence-corrected chi connectivity index (χ3v) is 7.98. The molecule has 1 N–H and O–H groups in total. The zero-order chi connectivity index (χ0) is 25.8. The normalized spacial score (nSPS) is 20.9. The number of benzene rings is 2. The molecule has 2 aromatic carbocycles. The van der Waals surface area contributed by atoms with Gasteiger partial charge in [0.15, 0.2) is 0 Å². The van der Waals surface area contributed by atoms with Crippen molar-refractivity contribution in [2.24, 2.45) is 5.92 Å². The molecule has 0 spiro atoms. The van der Waals surface area contributed by atoms with Crippen LogP contribution in [0.4, 0.5) is 11.4 Å². The Kier molecular flexibility index (Phi) is 8.20. The average Bonchev–Trinajstić information content (AvgIpc) is 2.88. The Morgan fingerprint density at radius 3 is 2.54 bits per heavy atom. The lowest BCUT2D eigenvalue weighted by atomic mass is 9.97. The molecular weight excluding hydrogens is 490 g/mol. The van der Waals surface area contributed by atoms with Gasteiger partial charge >= 0.3 is 0 Å². The number of nitrogens with zero attached hydrogens (tertiary/aromatic N) is 2. The Morgan fingerprint density at radius 2 is 1.84 bits per heavy atom. The number of ether oxygens (including phenoxy) is 2. The van der Waals surface area contributed by atoms with E-state index >= 15 is 0 Å². The summed E-state index contributed by atoms with van der Waals surface area (Å²) in [4.78, 5) is 30.1.